The van der Waals surface area contributed by atoms with Gasteiger partial charge < -0.3 is 15.0 Å². The second-order valence-corrected chi connectivity index (χ2v) is 5.28. The van der Waals surface area contributed by atoms with Crippen molar-refractivity contribution >= 4 is 0 Å². The van der Waals surface area contributed by atoms with Crippen LogP contribution in [-0.2, 0) is 16.8 Å². The lowest BCUT2D eigenvalue weighted by Gasteiger charge is -2.35. The molecule has 0 saturated heterocycles. The molecule has 1 aromatic rings. The van der Waals surface area contributed by atoms with Gasteiger partial charge in [0.1, 0.15) is 5.60 Å². The van der Waals surface area contributed by atoms with Crippen molar-refractivity contribution < 1.29 is 9.26 Å². The third-order valence-corrected chi connectivity index (χ3v) is 3.94. The van der Waals surface area contributed by atoms with Gasteiger partial charge in [0.05, 0.1) is 0 Å². The van der Waals surface area contributed by atoms with Gasteiger partial charge in [-0.3, -0.25) is 0 Å². The average molecular weight is 253 g/mol. The Balaban J connectivity index is 2.09. The zero-order chi connectivity index (χ0) is 13.0. The summed E-state index contributed by atoms with van der Waals surface area (Å²) in [4.78, 5) is 4.48. The molecule has 0 unspecified atom stereocenters. The largest absolute Gasteiger partial charge is 0.370 e. The normalized spacial score (nSPS) is 28.5. The molecule has 0 radical (unpaired) electrons. The minimum absolute atomic E-state index is 0.336. The Labute approximate surface area is 108 Å². The number of nitrogens with zero attached hydrogens (tertiary/aromatic N) is 2. The van der Waals surface area contributed by atoms with Gasteiger partial charge in [0.2, 0.25) is 11.7 Å². The van der Waals surface area contributed by atoms with Gasteiger partial charge in [-0.05, 0) is 44.6 Å². The molecule has 1 fully saturated rings. The van der Waals surface area contributed by atoms with Gasteiger partial charge in [-0.15, -0.1) is 0 Å². The minimum Gasteiger partial charge on any atom is -0.370 e. The van der Waals surface area contributed by atoms with Crippen LogP contribution in [0.1, 0.15) is 50.7 Å². The van der Waals surface area contributed by atoms with Crippen LogP contribution in [0.3, 0.4) is 0 Å². The monoisotopic (exact) mass is 253 g/mol. The van der Waals surface area contributed by atoms with Gasteiger partial charge in [-0.2, -0.15) is 4.98 Å². The zero-order valence-electron chi connectivity index (χ0n) is 11.3. The van der Waals surface area contributed by atoms with Crippen LogP contribution in [0.4, 0.5) is 0 Å². The summed E-state index contributed by atoms with van der Waals surface area (Å²) in [6.07, 6.45) is 5.88. The third kappa shape index (κ3) is 2.72. The van der Waals surface area contributed by atoms with Crippen LogP contribution >= 0.6 is 0 Å². The third-order valence-electron chi connectivity index (χ3n) is 3.94. The van der Waals surface area contributed by atoms with E-state index >= 15 is 0 Å². The van der Waals surface area contributed by atoms with Crippen LogP contribution in [0.15, 0.2) is 4.52 Å². The fourth-order valence-electron chi connectivity index (χ4n) is 2.54. The summed E-state index contributed by atoms with van der Waals surface area (Å²) < 4.78 is 11.0. The van der Waals surface area contributed by atoms with E-state index in [2.05, 4.69) is 17.1 Å². The van der Waals surface area contributed by atoms with Gasteiger partial charge in [-0.25, -0.2) is 0 Å². The van der Waals surface area contributed by atoms with Crippen molar-refractivity contribution in [2.75, 3.05) is 13.7 Å². The molecule has 2 N–H and O–H groups in total. The summed E-state index contributed by atoms with van der Waals surface area (Å²) in [6.45, 7) is 2.92. The summed E-state index contributed by atoms with van der Waals surface area (Å²) >= 11 is 0. The highest BCUT2D eigenvalue weighted by molar-refractivity contribution is 5.04. The lowest BCUT2D eigenvalue weighted by Crippen LogP contribution is -2.34. The number of hydrogen-bond acceptors (Lipinski definition) is 5. The Hall–Kier alpha value is -0.940. The molecule has 18 heavy (non-hydrogen) atoms. The molecular formula is C13H23N3O2. The van der Waals surface area contributed by atoms with Crippen molar-refractivity contribution in [1.82, 2.24) is 10.1 Å². The maximum absolute atomic E-state index is 5.72. The van der Waals surface area contributed by atoms with Crippen LogP contribution in [-0.4, -0.2) is 23.8 Å². The Morgan fingerprint density at radius 2 is 2.17 bits per heavy atom. The van der Waals surface area contributed by atoms with E-state index < -0.39 is 0 Å². The van der Waals surface area contributed by atoms with E-state index in [0.29, 0.717) is 18.3 Å². The van der Waals surface area contributed by atoms with E-state index in [1.807, 2.05) is 0 Å². The summed E-state index contributed by atoms with van der Waals surface area (Å²) in [6, 6.07) is 0. The van der Waals surface area contributed by atoms with Crippen molar-refractivity contribution in [2.45, 2.75) is 51.0 Å². The van der Waals surface area contributed by atoms with Crippen molar-refractivity contribution in [1.29, 1.82) is 0 Å². The van der Waals surface area contributed by atoms with Gasteiger partial charge in [0, 0.05) is 13.5 Å². The Bertz CT molecular complexity index is 370. The summed E-state index contributed by atoms with van der Waals surface area (Å²) in [7, 11) is 1.74. The molecule has 1 aromatic heterocycles. The Morgan fingerprint density at radius 1 is 1.44 bits per heavy atom. The Kier molecular flexibility index (Phi) is 4.35. The van der Waals surface area contributed by atoms with E-state index in [1.165, 1.54) is 0 Å². The van der Waals surface area contributed by atoms with Gasteiger partial charge in [0.25, 0.3) is 0 Å². The second kappa shape index (κ2) is 5.80. The molecule has 102 valence electrons. The van der Waals surface area contributed by atoms with E-state index in [-0.39, 0.29) is 5.60 Å². The van der Waals surface area contributed by atoms with E-state index in [4.69, 9.17) is 15.0 Å². The highest BCUT2D eigenvalue weighted by atomic mass is 16.5. The molecule has 1 aliphatic rings. The van der Waals surface area contributed by atoms with Gasteiger partial charge >= 0.3 is 0 Å². The molecule has 2 rings (SSSR count). The lowest BCUT2D eigenvalue weighted by molar-refractivity contribution is -0.0609. The van der Waals surface area contributed by atoms with Crippen molar-refractivity contribution in [3.8, 4) is 0 Å². The highest BCUT2D eigenvalue weighted by Gasteiger charge is 2.40. The van der Waals surface area contributed by atoms with Crippen LogP contribution in [0.25, 0.3) is 0 Å². The fraction of sp³-hybridized carbons (Fsp3) is 0.846. The van der Waals surface area contributed by atoms with Crippen molar-refractivity contribution in [3.05, 3.63) is 11.7 Å². The van der Waals surface area contributed by atoms with Gasteiger partial charge in [0.15, 0.2) is 0 Å². The molecule has 0 aromatic carbocycles. The molecule has 1 aliphatic carbocycles. The number of aryl methyl sites for hydroxylation is 1. The maximum atomic E-state index is 5.72. The summed E-state index contributed by atoms with van der Waals surface area (Å²) in [5.41, 5.74) is 5.14. The van der Waals surface area contributed by atoms with E-state index in [0.717, 1.165) is 44.4 Å². The number of rotatable bonds is 5. The van der Waals surface area contributed by atoms with Crippen LogP contribution in [0, 0.1) is 5.92 Å². The zero-order valence-corrected chi connectivity index (χ0v) is 11.3. The molecule has 5 nitrogen and oxygen atoms in total. The molecule has 0 amide bonds. The molecule has 0 atom stereocenters. The lowest BCUT2D eigenvalue weighted by atomic mass is 9.79. The molecule has 1 heterocycles. The van der Waals surface area contributed by atoms with Crippen LogP contribution in [0.2, 0.25) is 0 Å². The van der Waals surface area contributed by atoms with Crippen molar-refractivity contribution in [2.24, 2.45) is 11.7 Å². The minimum atomic E-state index is -0.336. The highest BCUT2D eigenvalue weighted by Crippen LogP contribution is 2.40. The number of aromatic nitrogens is 2. The molecule has 0 aliphatic heterocycles. The van der Waals surface area contributed by atoms with E-state index in [9.17, 15) is 0 Å². The Morgan fingerprint density at radius 3 is 2.78 bits per heavy atom. The van der Waals surface area contributed by atoms with Gasteiger partial charge in [-0.1, -0.05) is 12.1 Å². The predicted molar refractivity (Wildman–Crippen MR) is 68.0 cm³/mol. The molecular weight excluding hydrogens is 230 g/mol. The van der Waals surface area contributed by atoms with E-state index in [1.54, 1.807) is 7.11 Å². The SMILES string of the molecule is COC1(c2noc(CCCN)n2)CCC(C)CC1. The number of nitrogens with two attached hydrogens (primary N) is 1. The quantitative estimate of drug-likeness (QED) is 0.869. The fourth-order valence-corrected chi connectivity index (χ4v) is 2.54. The molecule has 5 heteroatoms. The predicted octanol–water partition coefficient (Wildman–Crippen LogP) is 2.01. The first-order chi connectivity index (χ1) is 8.70. The maximum Gasteiger partial charge on any atom is 0.226 e. The first kappa shape index (κ1) is 13.5. The van der Waals surface area contributed by atoms with Crippen LogP contribution < -0.4 is 5.73 Å². The smallest absolute Gasteiger partial charge is 0.226 e. The number of hydrogen-bond donors (Lipinski definition) is 1. The summed E-state index contributed by atoms with van der Waals surface area (Å²) in [5, 5.41) is 4.11. The topological polar surface area (TPSA) is 74.2 Å². The number of methoxy groups -OCH3 is 1. The second-order valence-electron chi connectivity index (χ2n) is 5.28. The first-order valence-corrected chi connectivity index (χ1v) is 6.78. The number of ether oxygens (including phenoxy) is 1. The first-order valence-electron chi connectivity index (χ1n) is 6.78. The van der Waals surface area contributed by atoms with Crippen LogP contribution in [0.5, 0.6) is 0 Å². The standard InChI is InChI=1S/C13H23N3O2/c1-10-5-7-13(17-2,8-6-10)12-15-11(18-16-12)4-3-9-14/h10H,3-9,14H2,1-2H3. The molecule has 0 bridgehead atoms. The molecule has 1 saturated carbocycles. The average Bonchev–Trinajstić information content (AvgIpc) is 2.87. The van der Waals surface area contributed by atoms with Crippen molar-refractivity contribution in [3.63, 3.8) is 0 Å². The summed E-state index contributed by atoms with van der Waals surface area (Å²) in [5.74, 6) is 2.14. The molecule has 0 spiro atoms.